The van der Waals surface area contributed by atoms with E-state index in [1.807, 2.05) is 0 Å². The molecule has 1 radical (unpaired) electrons. The minimum Gasteiger partial charge on any atom is -0.463 e. The first kappa shape index (κ1) is 18.9. The minimum absolute atomic E-state index is 0.0215. The smallest absolute Gasteiger partial charge is 0.303 e. The van der Waals surface area contributed by atoms with Crippen LogP contribution in [0, 0.1) is 6.23 Å². The normalized spacial score (nSPS) is 24.4. The van der Waals surface area contributed by atoms with Crippen molar-refractivity contribution in [1.82, 2.24) is 5.32 Å². The number of amides is 1. The summed E-state index contributed by atoms with van der Waals surface area (Å²) in [6.07, 6.45) is -2.58. The van der Waals surface area contributed by atoms with Gasteiger partial charge >= 0.3 is 17.9 Å². The van der Waals surface area contributed by atoms with Gasteiger partial charge in [0.1, 0.15) is 18.8 Å². The molecule has 0 bridgehead atoms. The van der Waals surface area contributed by atoms with Crippen LogP contribution in [0.5, 0.6) is 0 Å². The molecule has 1 fully saturated rings. The molecule has 0 saturated carbocycles. The van der Waals surface area contributed by atoms with Crippen LogP contribution in [0.4, 0.5) is 0 Å². The van der Waals surface area contributed by atoms with Crippen molar-refractivity contribution < 1.29 is 38.1 Å². The van der Waals surface area contributed by atoms with Crippen molar-refractivity contribution in [2.24, 2.45) is 0 Å². The van der Waals surface area contributed by atoms with Crippen molar-refractivity contribution in [3.8, 4) is 0 Å². The third kappa shape index (κ3) is 6.64. The summed E-state index contributed by atoms with van der Waals surface area (Å²) in [5.41, 5.74) is 0. The van der Waals surface area contributed by atoms with E-state index in [4.69, 9.17) is 18.9 Å². The van der Waals surface area contributed by atoms with Crippen molar-refractivity contribution in [3.63, 3.8) is 0 Å². The summed E-state index contributed by atoms with van der Waals surface area (Å²) in [5.74, 6) is -2.11. The number of nitrogens with one attached hydrogen (secondary N) is 1. The van der Waals surface area contributed by atoms with Crippen molar-refractivity contribution in [1.29, 1.82) is 0 Å². The Morgan fingerprint density at radius 2 is 1.65 bits per heavy atom. The second-order valence-corrected chi connectivity index (χ2v) is 4.99. The van der Waals surface area contributed by atoms with Gasteiger partial charge in [-0.2, -0.15) is 0 Å². The molecule has 1 N–H and O–H groups in total. The van der Waals surface area contributed by atoms with Crippen molar-refractivity contribution in [2.75, 3.05) is 6.61 Å². The third-order valence-electron chi connectivity index (χ3n) is 2.80. The van der Waals surface area contributed by atoms with Crippen LogP contribution in [0.1, 0.15) is 34.1 Å². The Hall–Kier alpha value is -2.16. The predicted molar refractivity (Wildman–Crippen MR) is 74.3 cm³/mol. The van der Waals surface area contributed by atoms with Crippen LogP contribution in [0.2, 0.25) is 0 Å². The van der Waals surface area contributed by atoms with Gasteiger partial charge in [-0.1, -0.05) is 0 Å². The van der Waals surface area contributed by atoms with Crippen molar-refractivity contribution in [3.05, 3.63) is 6.23 Å². The molecule has 0 aromatic rings. The lowest BCUT2D eigenvalue weighted by molar-refractivity contribution is -0.201. The summed E-state index contributed by atoms with van der Waals surface area (Å²) < 4.78 is 20.7. The number of carbonyl (C=O) groups excluding carboxylic acids is 4. The number of esters is 3. The van der Waals surface area contributed by atoms with Crippen LogP contribution in [0.3, 0.4) is 0 Å². The van der Waals surface area contributed by atoms with Gasteiger partial charge in [-0.05, 0) is 0 Å². The van der Waals surface area contributed by atoms with Gasteiger partial charge in [0.2, 0.25) is 5.91 Å². The summed E-state index contributed by atoms with van der Waals surface area (Å²) in [7, 11) is 0. The highest BCUT2D eigenvalue weighted by atomic mass is 16.6. The maximum atomic E-state index is 11.3. The van der Waals surface area contributed by atoms with Gasteiger partial charge in [0.25, 0.3) is 0 Å². The topological polar surface area (TPSA) is 117 Å². The largest absolute Gasteiger partial charge is 0.463 e. The number of hydrogen-bond acceptors (Lipinski definition) is 8. The van der Waals surface area contributed by atoms with E-state index in [0.717, 1.165) is 0 Å². The second kappa shape index (κ2) is 8.47. The van der Waals surface area contributed by atoms with Gasteiger partial charge in [0.15, 0.2) is 12.3 Å². The van der Waals surface area contributed by atoms with Crippen molar-refractivity contribution in [2.45, 2.75) is 52.4 Å². The lowest BCUT2D eigenvalue weighted by atomic mass is 10.00. The molecule has 0 unspecified atom stereocenters. The standard InChI is InChI=1S/C14H20NO8/c1-7(16)15-13-5-11(21-9(3)18)14(22-10(4)19)12(23-13)6-20-8(2)17/h11-12,14H,5-6H2,1-4H3,(H,15,16)/t11-,12-,14+/m1/s1. The number of hydrogen-bond donors (Lipinski definition) is 1. The van der Waals surface area contributed by atoms with E-state index in [2.05, 4.69) is 5.32 Å². The fourth-order valence-corrected chi connectivity index (χ4v) is 2.11. The molecule has 9 heteroatoms. The van der Waals surface area contributed by atoms with Crippen LogP contribution in [-0.2, 0) is 38.1 Å². The van der Waals surface area contributed by atoms with Crippen LogP contribution in [-0.4, -0.2) is 48.7 Å². The first-order valence-corrected chi connectivity index (χ1v) is 6.97. The molecule has 3 atom stereocenters. The molecule has 0 aromatic heterocycles. The summed E-state index contributed by atoms with van der Waals surface area (Å²) in [6.45, 7) is 4.68. The predicted octanol–water partition coefficient (Wildman–Crippen LogP) is -0.173. The maximum absolute atomic E-state index is 11.3. The SMILES string of the molecule is CC(=O)N[C]1C[C@@H](OC(C)=O)[C@H](OC(C)=O)[C@@H](COC(C)=O)O1. The quantitative estimate of drug-likeness (QED) is 0.545. The molecule has 0 aliphatic carbocycles. The summed E-state index contributed by atoms with van der Waals surface area (Å²) in [5, 5.41) is 2.46. The summed E-state index contributed by atoms with van der Waals surface area (Å²) >= 11 is 0. The zero-order valence-corrected chi connectivity index (χ0v) is 13.4. The zero-order valence-electron chi connectivity index (χ0n) is 13.4. The van der Waals surface area contributed by atoms with E-state index in [9.17, 15) is 19.2 Å². The Bertz CT molecular complexity index is 477. The third-order valence-corrected chi connectivity index (χ3v) is 2.80. The van der Waals surface area contributed by atoms with E-state index < -0.39 is 36.2 Å². The Kier molecular flexibility index (Phi) is 6.95. The van der Waals surface area contributed by atoms with Gasteiger partial charge < -0.3 is 24.3 Å². The van der Waals surface area contributed by atoms with Crippen LogP contribution >= 0.6 is 0 Å². The van der Waals surface area contributed by atoms with Crippen molar-refractivity contribution >= 4 is 23.8 Å². The monoisotopic (exact) mass is 330 g/mol. The summed E-state index contributed by atoms with van der Waals surface area (Å²) in [4.78, 5) is 44.7. The van der Waals surface area contributed by atoms with Gasteiger partial charge in [-0.15, -0.1) is 0 Å². The van der Waals surface area contributed by atoms with E-state index in [1.165, 1.54) is 27.7 Å². The summed E-state index contributed by atoms with van der Waals surface area (Å²) in [6, 6.07) is 0. The molecule has 1 amide bonds. The molecule has 1 heterocycles. The lowest BCUT2D eigenvalue weighted by Crippen LogP contribution is -2.54. The van der Waals surface area contributed by atoms with E-state index >= 15 is 0 Å². The molecule has 0 aromatic carbocycles. The van der Waals surface area contributed by atoms with Crippen LogP contribution < -0.4 is 5.32 Å². The molecular formula is C14H20NO8. The minimum atomic E-state index is -0.965. The maximum Gasteiger partial charge on any atom is 0.303 e. The Morgan fingerprint density at radius 3 is 2.13 bits per heavy atom. The molecule has 1 saturated heterocycles. The first-order chi connectivity index (χ1) is 10.7. The second-order valence-electron chi connectivity index (χ2n) is 4.99. The average Bonchev–Trinajstić information content (AvgIpc) is 2.37. The molecule has 1 aliphatic heterocycles. The van der Waals surface area contributed by atoms with E-state index in [-0.39, 0.29) is 25.2 Å². The fourth-order valence-electron chi connectivity index (χ4n) is 2.11. The van der Waals surface area contributed by atoms with Crippen LogP contribution in [0.15, 0.2) is 0 Å². The van der Waals surface area contributed by atoms with Gasteiger partial charge in [0, 0.05) is 34.1 Å². The fraction of sp³-hybridized carbons (Fsp3) is 0.643. The van der Waals surface area contributed by atoms with Gasteiger partial charge in [-0.3, -0.25) is 19.2 Å². The van der Waals surface area contributed by atoms with Gasteiger partial charge in [-0.25, -0.2) is 0 Å². The first-order valence-electron chi connectivity index (χ1n) is 6.97. The number of carbonyl (C=O) groups is 4. The Morgan fingerprint density at radius 1 is 1.04 bits per heavy atom. The lowest BCUT2D eigenvalue weighted by Gasteiger charge is -2.39. The van der Waals surface area contributed by atoms with E-state index in [1.54, 1.807) is 0 Å². The van der Waals surface area contributed by atoms with E-state index in [0.29, 0.717) is 0 Å². The molecule has 0 spiro atoms. The molecule has 1 rings (SSSR count). The van der Waals surface area contributed by atoms with Crippen LogP contribution in [0.25, 0.3) is 0 Å². The molecule has 129 valence electrons. The van der Waals surface area contributed by atoms with Gasteiger partial charge in [0.05, 0.1) is 0 Å². The molecule has 9 nitrogen and oxygen atoms in total. The highest BCUT2D eigenvalue weighted by Crippen LogP contribution is 2.28. The highest BCUT2D eigenvalue weighted by Gasteiger charge is 2.44. The average molecular weight is 330 g/mol. The molecule has 23 heavy (non-hydrogen) atoms. The number of rotatable bonds is 5. The molecule has 1 aliphatic rings. The Balaban J connectivity index is 2.94. The highest BCUT2D eigenvalue weighted by molar-refractivity contribution is 5.74. The zero-order chi connectivity index (χ0) is 17.6. The number of ether oxygens (including phenoxy) is 4. The Labute approximate surface area is 133 Å². The molecular weight excluding hydrogens is 310 g/mol.